The predicted molar refractivity (Wildman–Crippen MR) is 126 cm³/mol. The lowest BCUT2D eigenvalue weighted by molar-refractivity contribution is -0.00633. The molecule has 0 aromatic heterocycles. The van der Waals surface area contributed by atoms with Crippen LogP contribution in [-0.2, 0) is 11.8 Å². The lowest BCUT2D eigenvalue weighted by atomic mass is 9.47. The van der Waals surface area contributed by atoms with Crippen molar-refractivity contribution in [1.82, 2.24) is 0 Å². The Hall–Kier alpha value is -1.24. The number of rotatable bonds is 1. The fourth-order valence-electron chi connectivity index (χ4n) is 10.7. The molecular weight excluding hydrogens is 376 g/mol. The van der Waals surface area contributed by atoms with Gasteiger partial charge in [0, 0.05) is 5.56 Å². The first-order valence-corrected chi connectivity index (χ1v) is 13.4. The van der Waals surface area contributed by atoms with E-state index in [2.05, 4.69) is 26.5 Å². The molecule has 166 valence electrons. The van der Waals surface area contributed by atoms with Crippen LogP contribution in [0.5, 0.6) is 5.75 Å². The molecule has 6 fully saturated rings. The van der Waals surface area contributed by atoms with Crippen LogP contribution in [0.2, 0.25) is 0 Å². The molecule has 1 nitrogen and oxygen atoms in total. The van der Waals surface area contributed by atoms with Crippen molar-refractivity contribution in [1.29, 1.82) is 0 Å². The van der Waals surface area contributed by atoms with E-state index in [4.69, 9.17) is 0 Å². The van der Waals surface area contributed by atoms with Gasteiger partial charge in [0.05, 0.1) is 0 Å². The maximum Gasteiger partial charge on any atom is 0.122 e. The number of benzene rings is 1. The fourth-order valence-corrected chi connectivity index (χ4v) is 10.7. The molecule has 31 heavy (non-hydrogen) atoms. The molecule has 0 amide bonds. The smallest absolute Gasteiger partial charge is 0.122 e. The van der Waals surface area contributed by atoms with Gasteiger partial charge in [-0.1, -0.05) is 25.1 Å². The normalized spacial score (nSPS) is 47.2. The number of allylic oxidation sites excluding steroid dienone is 1. The van der Waals surface area contributed by atoms with E-state index in [1.807, 2.05) is 0 Å². The third kappa shape index (κ3) is 2.45. The quantitative estimate of drug-likeness (QED) is 0.468. The van der Waals surface area contributed by atoms with Crippen LogP contribution < -0.4 is 0 Å². The highest BCUT2D eigenvalue weighted by atomic mass is 16.3. The Labute approximate surface area is 188 Å². The maximum absolute atomic E-state index is 11.5. The highest BCUT2D eigenvalue weighted by Crippen LogP contribution is 2.65. The summed E-state index contributed by atoms with van der Waals surface area (Å²) < 4.78 is 0. The SMILES string of the molecule is C=C1CCC2C3CCc4c(cc(C56CC7CC(CC(C7)C5)C6)c(O)c4C)C3CCC12C. The largest absolute Gasteiger partial charge is 0.507 e. The summed E-state index contributed by atoms with van der Waals surface area (Å²) in [4.78, 5) is 0. The Kier molecular flexibility index (Phi) is 3.85. The topological polar surface area (TPSA) is 20.2 Å². The van der Waals surface area contributed by atoms with Gasteiger partial charge in [-0.25, -0.2) is 0 Å². The summed E-state index contributed by atoms with van der Waals surface area (Å²) in [5.41, 5.74) is 8.03. The van der Waals surface area contributed by atoms with Crippen molar-refractivity contribution in [2.24, 2.45) is 35.0 Å². The summed E-state index contributed by atoms with van der Waals surface area (Å²) in [5, 5.41) is 11.5. The molecule has 7 aliphatic rings. The summed E-state index contributed by atoms with van der Waals surface area (Å²) in [6, 6.07) is 2.59. The minimum absolute atomic E-state index is 0.288. The highest BCUT2D eigenvalue weighted by Gasteiger charge is 2.55. The van der Waals surface area contributed by atoms with Gasteiger partial charge in [-0.2, -0.15) is 0 Å². The summed E-state index contributed by atoms with van der Waals surface area (Å²) in [5.74, 6) is 5.86. The zero-order valence-electron chi connectivity index (χ0n) is 19.7. The molecule has 4 bridgehead atoms. The van der Waals surface area contributed by atoms with Crippen LogP contribution in [0.1, 0.15) is 106 Å². The van der Waals surface area contributed by atoms with Crippen LogP contribution >= 0.6 is 0 Å². The molecule has 8 rings (SSSR count). The first-order chi connectivity index (χ1) is 14.9. The molecule has 6 saturated carbocycles. The Bertz CT molecular complexity index is 934. The molecule has 1 aromatic rings. The second-order valence-corrected chi connectivity index (χ2v) is 13.2. The van der Waals surface area contributed by atoms with Gasteiger partial charge < -0.3 is 5.11 Å². The molecule has 4 unspecified atom stereocenters. The predicted octanol–water partition coefficient (Wildman–Crippen LogP) is 7.58. The first-order valence-electron chi connectivity index (χ1n) is 13.4. The van der Waals surface area contributed by atoms with Crippen LogP contribution in [0.15, 0.2) is 18.2 Å². The van der Waals surface area contributed by atoms with E-state index < -0.39 is 0 Å². The number of hydrogen-bond donors (Lipinski definition) is 1. The highest BCUT2D eigenvalue weighted by molar-refractivity contribution is 5.55. The Morgan fingerprint density at radius 2 is 1.65 bits per heavy atom. The summed E-state index contributed by atoms with van der Waals surface area (Å²) in [6.45, 7) is 9.27. The van der Waals surface area contributed by atoms with Gasteiger partial charge in [0.2, 0.25) is 0 Å². The van der Waals surface area contributed by atoms with E-state index in [1.165, 1.54) is 99.3 Å². The van der Waals surface area contributed by atoms with Gasteiger partial charge in [0.15, 0.2) is 0 Å². The Morgan fingerprint density at radius 3 is 2.32 bits per heavy atom. The minimum Gasteiger partial charge on any atom is -0.507 e. The van der Waals surface area contributed by atoms with Crippen molar-refractivity contribution in [3.8, 4) is 5.75 Å². The third-order valence-electron chi connectivity index (χ3n) is 11.8. The average Bonchev–Trinajstić information content (AvgIpc) is 3.04. The van der Waals surface area contributed by atoms with Gasteiger partial charge in [-0.15, -0.1) is 0 Å². The standard InChI is InChI=1S/C30H40O/c1-17-4-7-26-24-6-5-22-18(2)28(31)27(13-25(22)23(24)8-9-29(17,26)3)30-14-19-10-20(15-30)12-21(11-19)16-30/h13,19-21,23-24,26,31H,1,4-12,14-16H2,2-3H3. The van der Waals surface area contributed by atoms with Gasteiger partial charge in [0.1, 0.15) is 5.75 Å². The van der Waals surface area contributed by atoms with Gasteiger partial charge in [-0.05, 0) is 147 Å². The third-order valence-corrected chi connectivity index (χ3v) is 11.8. The molecule has 0 radical (unpaired) electrons. The van der Waals surface area contributed by atoms with Gasteiger partial charge in [-0.3, -0.25) is 0 Å². The van der Waals surface area contributed by atoms with Crippen molar-refractivity contribution in [2.75, 3.05) is 0 Å². The van der Waals surface area contributed by atoms with Crippen LogP contribution in [0.4, 0.5) is 0 Å². The Morgan fingerprint density at radius 1 is 0.968 bits per heavy atom. The zero-order chi connectivity index (χ0) is 21.1. The van der Waals surface area contributed by atoms with E-state index in [0.717, 1.165) is 35.5 Å². The monoisotopic (exact) mass is 416 g/mol. The molecule has 1 aromatic carbocycles. The second-order valence-electron chi connectivity index (χ2n) is 13.2. The molecule has 7 aliphatic carbocycles. The van der Waals surface area contributed by atoms with Crippen molar-refractivity contribution < 1.29 is 5.11 Å². The molecule has 0 saturated heterocycles. The number of hydrogen-bond acceptors (Lipinski definition) is 1. The van der Waals surface area contributed by atoms with Crippen LogP contribution in [0.3, 0.4) is 0 Å². The molecule has 1 heteroatoms. The van der Waals surface area contributed by atoms with Gasteiger partial charge >= 0.3 is 0 Å². The van der Waals surface area contributed by atoms with Crippen LogP contribution in [0.25, 0.3) is 0 Å². The molecule has 0 spiro atoms. The fraction of sp³-hybridized carbons (Fsp3) is 0.733. The van der Waals surface area contributed by atoms with E-state index in [9.17, 15) is 5.11 Å². The lowest BCUT2D eigenvalue weighted by Crippen LogP contribution is -2.48. The molecule has 0 aliphatic heterocycles. The summed E-state index contributed by atoms with van der Waals surface area (Å²) in [6.07, 6.45) is 16.2. The maximum atomic E-state index is 11.5. The number of phenols is 1. The van der Waals surface area contributed by atoms with E-state index in [0.29, 0.717) is 11.2 Å². The summed E-state index contributed by atoms with van der Waals surface area (Å²) in [7, 11) is 0. The first kappa shape index (κ1) is 19.2. The average molecular weight is 417 g/mol. The van der Waals surface area contributed by atoms with E-state index >= 15 is 0 Å². The lowest BCUT2D eigenvalue weighted by Gasteiger charge is -2.57. The number of fused-ring (bicyclic) bond motifs is 5. The van der Waals surface area contributed by atoms with Gasteiger partial charge in [0.25, 0.3) is 0 Å². The molecular formula is C30H40O. The van der Waals surface area contributed by atoms with E-state index in [-0.39, 0.29) is 5.41 Å². The van der Waals surface area contributed by atoms with Crippen molar-refractivity contribution in [3.05, 3.63) is 40.5 Å². The van der Waals surface area contributed by atoms with Crippen molar-refractivity contribution in [3.63, 3.8) is 0 Å². The molecule has 1 N–H and O–H groups in total. The Balaban J connectivity index is 1.32. The second kappa shape index (κ2) is 6.21. The molecule has 0 heterocycles. The van der Waals surface area contributed by atoms with Crippen molar-refractivity contribution >= 4 is 0 Å². The van der Waals surface area contributed by atoms with Crippen LogP contribution in [-0.4, -0.2) is 5.11 Å². The number of aromatic hydroxyl groups is 1. The number of phenolic OH excluding ortho intramolecular Hbond substituents is 1. The van der Waals surface area contributed by atoms with E-state index in [1.54, 1.807) is 5.56 Å². The summed E-state index contributed by atoms with van der Waals surface area (Å²) >= 11 is 0. The minimum atomic E-state index is 0.288. The molecule has 4 atom stereocenters. The van der Waals surface area contributed by atoms with Crippen molar-refractivity contribution in [2.45, 2.75) is 102 Å². The zero-order valence-corrected chi connectivity index (χ0v) is 19.7. The van der Waals surface area contributed by atoms with Crippen LogP contribution in [0, 0.1) is 41.9 Å².